The van der Waals surface area contributed by atoms with Gasteiger partial charge in [-0.25, -0.2) is 0 Å². The smallest absolute Gasteiger partial charge is 0.365 e. The maximum atomic E-state index is 12.6. The van der Waals surface area contributed by atoms with Gasteiger partial charge < -0.3 is 9.64 Å². The summed E-state index contributed by atoms with van der Waals surface area (Å²) in [5.74, 6) is 0. The third-order valence-electron chi connectivity index (χ3n) is 2.80. The van der Waals surface area contributed by atoms with Crippen LogP contribution < -0.4 is 4.90 Å². The topological polar surface area (TPSA) is 36.3 Å². The molecule has 1 aliphatic heterocycles. The lowest BCUT2D eigenvalue weighted by molar-refractivity contribution is -0.221. The van der Waals surface area contributed by atoms with Gasteiger partial charge in [-0.15, -0.1) is 0 Å². The highest BCUT2D eigenvalue weighted by atomic mass is 19.4. The van der Waals surface area contributed by atoms with Crippen LogP contribution in [0.5, 0.6) is 0 Å². The van der Waals surface area contributed by atoms with E-state index in [0.717, 1.165) is 0 Å². The quantitative estimate of drug-likeness (QED) is 0.773. The second kappa shape index (κ2) is 4.86. The van der Waals surface area contributed by atoms with Crippen LogP contribution in [0.2, 0.25) is 0 Å². The lowest BCUT2D eigenvalue weighted by Gasteiger charge is -2.35. The van der Waals surface area contributed by atoms with Crippen molar-refractivity contribution >= 4 is 5.69 Å². The van der Waals surface area contributed by atoms with Gasteiger partial charge in [0.2, 0.25) is 0 Å². The summed E-state index contributed by atoms with van der Waals surface area (Å²) in [4.78, 5) is 1.54. The van der Waals surface area contributed by atoms with Gasteiger partial charge >= 0.3 is 6.18 Å². The first kappa shape index (κ1) is 12.7. The van der Waals surface area contributed by atoms with Crippen molar-refractivity contribution < 1.29 is 17.9 Å². The maximum absolute atomic E-state index is 12.6. The summed E-state index contributed by atoms with van der Waals surface area (Å²) in [6.07, 6.45) is -6.17. The van der Waals surface area contributed by atoms with Gasteiger partial charge in [0.25, 0.3) is 0 Å². The zero-order valence-corrected chi connectivity index (χ0v) is 9.44. The zero-order chi connectivity index (χ0) is 13.2. The van der Waals surface area contributed by atoms with Gasteiger partial charge in [-0.05, 0) is 12.1 Å². The molecule has 6 heteroatoms. The monoisotopic (exact) mass is 256 g/mol. The molecule has 2 rings (SSSR count). The van der Waals surface area contributed by atoms with E-state index in [-0.39, 0.29) is 13.2 Å². The number of benzene rings is 1. The predicted molar refractivity (Wildman–Crippen MR) is 59.2 cm³/mol. The summed E-state index contributed by atoms with van der Waals surface area (Å²) in [5.41, 5.74) is 0.901. The Labute approximate surface area is 102 Å². The van der Waals surface area contributed by atoms with Crippen molar-refractivity contribution in [2.75, 3.05) is 24.6 Å². The average molecular weight is 256 g/mol. The van der Waals surface area contributed by atoms with E-state index in [0.29, 0.717) is 17.8 Å². The van der Waals surface area contributed by atoms with Crippen LogP contribution in [-0.4, -0.2) is 32.0 Å². The Morgan fingerprint density at radius 1 is 1.33 bits per heavy atom. The van der Waals surface area contributed by atoms with Gasteiger partial charge in [-0.3, -0.25) is 0 Å². The Morgan fingerprint density at radius 3 is 2.72 bits per heavy atom. The number of hydrogen-bond acceptors (Lipinski definition) is 3. The van der Waals surface area contributed by atoms with Crippen LogP contribution in [0.25, 0.3) is 0 Å². The molecule has 0 saturated carbocycles. The molecule has 1 aliphatic rings. The molecule has 1 saturated heterocycles. The molecule has 1 aromatic rings. The third-order valence-corrected chi connectivity index (χ3v) is 2.80. The number of nitrogens with zero attached hydrogens (tertiary/aromatic N) is 2. The lowest BCUT2D eigenvalue weighted by Crippen LogP contribution is -2.49. The Hall–Kier alpha value is -1.74. The molecule has 0 unspecified atom stereocenters. The Kier molecular flexibility index (Phi) is 3.43. The second-order valence-corrected chi connectivity index (χ2v) is 3.98. The number of rotatable bonds is 1. The summed E-state index contributed by atoms with van der Waals surface area (Å²) in [6.45, 7) is 0.0808. The molecule has 1 aromatic carbocycles. The molecule has 0 radical (unpaired) electrons. The number of anilines is 1. The fraction of sp³-hybridized carbons (Fsp3) is 0.417. The van der Waals surface area contributed by atoms with Gasteiger partial charge in [0.1, 0.15) is 6.07 Å². The molecule has 0 N–H and O–H groups in total. The number of halogens is 3. The summed E-state index contributed by atoms with van der Waals surface area (Å²) >= 11 is 0. The molecule has 0 aliphatic carbocycles. The summed E-state index contributed by atoms with van der Waals surface area (Å²) in [7, 11) is 0. The van der Waals surface area contributed by atoms with E-state index in [1.54, 1.807) is 29.2 Å². The molecule has 0 aromatic heterocycles. The molecule has 0 bridgehead atoms. The summed E-state index contributed by atoms with van der Waals surface area (Å²) in [6, 6.07) is 8.61. The number of ether oxygens (including phenoxy) is 1. The molecule has 0 spiro atoms. The summed E-state index contributed by atoms with van der Waals surface area (Å²) < 4.78 is 42.5. The molecule has 0 amide bonds. The van der Waals surface area contributed by atoms with Crippen molar-refractivity contribution in [3.63, 3.8) is 0 Å². The predicted octanol–water partition coefficient (Wildman–Crippen LogP) is 2.33. The largest absolute Gasteiger partial charge is 0.416 e. The molecular formula is C12H11F3N2O. The summed E-state index contributed by atoms with van der Waals surface area (Å²) in [5, 5.41) is 8.94. The standard InChI is InChI=1S/C12H11F3N2O/c13-12(14,15)11-8-17(5-6-18-11)10-4-2-1-3-9(10)7-16/h1-4,11H,5-6,8H2/t11-/m0/s1. The minimum absolute atomic E-state index is 0.00391. The van der Waals surface area contributed by atoms with E-state index in [2.05, 4.69) is 0 Å². The maximum Gasteiger partial charge on any atom is 0.416 e. The zero-order valence-electron chi connectivity index (χ0n) is 9.44. The lowest BCUT2D eigenvalue weighted by atomic mass is 10.1. The van der Waals surface area contributed by atoms with Gasteiger partial charge in [0.05, 0.1) is 24.4 Å². The minimum Gasteiger partial charge on any atom is -0.365 e. The molecule has 1 fully saturated rings. The van der Waals surface area contributed by atoms with Gasteiger partial charge in [-0.2, -0.15) is 18.4 Å². The Bertz CT molecular complexity index is 467. The fourth-order valence-corrected chi connectivity index (χ4v) is 1.91. The molecule has 1 atom stereocenters. The van der Waals surface area contributed by atoms with Crippen LogP contribution in [-0.2, 0) is 4.74 Å². The van der Waals surface area contributed by atoms with Crippen molar-refractivity contribution in [3.8, 4) is 6.07 Å². The number of nitriles is 1. The number of morpholine rings is 1. The van der Waals surface area contributed by atoms with E-state index >= 15 is 0 Å². The molecule has 96 valence electrons. The van der Waals surface area contributed by atoms with Crippen molar-refractivity contribution in [2.45, 2.75) is 12.3 Å². The first-order valence-electron chi connectivity index (χ1n) is 5.45. The van der Waals surface area contributed by atoms with Crippen LogP contribution in [0.4, 0.5) is 18.9 Å². The first-order valence-corrected chi connectivity index (χ1v) is 5.45. The van der Waals surface area contributed by atoms with E-state index in [4.69, 9.17) is 10.00 Å². The highest BCUT2D eigenvalue weighted by Crippen LogP contribution is 2.29. The van der Waals surface area contributed by atoms with Gasteiger partial charge in [0.15, 0.2) is 6.10 Å². The van der Waals surface area contributed by atoms with E-state index < -0.39 is 12.3 Å². The first-order chi connectivity index (χ1) is 8.52. The van der Waals surface area contributed by atoms with Crippen molar-refractivity contribution in [1.82, 2.24) is 0 Å². The van der Waals surface area contributed by atoms with E-state index in [1.165, 1.54) is 0 Å². The fourth-order valence-electron chi connectivity index (χ4n) is 1.91. The Balaban J connectivity index is 2.21. The van der Waals surface area contributed by atoms with Crippen LogP contribution in [0.1, 0.15) is 5.56 Å². The molecule has 18 heavy (non-hydrogen) atoms. The van der Waals surface area contributed by atoms with Gasteiger partial charge in [0, 0.05) is 6.54 Å². The van der Waals surface area contributed by atoms with Crippen LogP contribution in [0.15, 0.2) is 24.3 Å². The Morgan fingerprint density at radius 2 is 2.06 bits per heavy atom. The average Bonchev–Trinajstić information content (AvgIpc) is 2.38. The third kappa shape index (κ3) is 2.57. The van der Waals surface area contributed by atoms with Crippen molar-refractivity contribution in [2.24, 2.45) is 0 Å². The van der Waals surface area contributed by atoms with Gasteiger partial charge in [-0.1, -0.05) is 12.1 Å². The number of para-hydroxylation sites is 1. The molecular weight excluding hydrogens is 245 g/mol. The van der Waals surface area contributed by atoms with Crippen molar-refractivity contribution in [3.05, 3.63) is 29.8 Å². The highest BCUT2D eigenvalue weighted by molar-refractivity contribution is 5.59. The number of alkyl halides is 3. The number of hydrogen-bond donors (Lipinski definition) is 0. The van der Waals surface area contributed by atoms with Crippen molar-refractivity contribution in [1.29, 1.82) is 5.26 Å². The second-order valence-electron chi connectivity index (χ2n) is 3.98. The van der Waals surface area contributed by atoms with E-state index in [9.17, 15) is 13.2 Å². The normalized spacial score (nSPS) is 20.6. The minimum atomic E-state index is -4.37. The molecule has 1 heterocycles. The van der Waals surface area contributed by atoms with E-state index in [1.807, 2.05) is 6.07 Å². The van der Waals surface area contributed by atoms with Crippen LogP contribution in [0, 0.1) is 11.3 Å². The SMILES string of the molecule is N#Cc1ccccc1N1CCO[C@H](C(F)(F)F)C1. The molecule has 3 nitrogen and oxygen atoms in total. The highest BCUT2D eigenvalue weighted by Gasteiger charge is 2.43. The van der Waals surface area contributed by atoms with Crippen LogP contribution in [0.3, 0.4) is 0 Å². The van der Waals surface area contributed by atoms with Crippen LogP contribution >= 0.6 is 0 Å².